The molecule has 0 spiro atoms. The summed E-state index contributed by atoms with van der Waals surface area (Å²) in [6.07, 6.45) is -3.79. The Morgan fingerprint density at radius 1 is 1.11 bits per heavy atom. The van der Waals surface area contributed by atoms with Crippen molar-refractivity contribution in [2.45, 2.75) is 46.3 Å². The third kappa shape index (κ3) is 4.11. The van der Waals surface area contributed by atoms with Gasteiger partial charge in [-0.25, -0.2) is 9.97 Å². The highest BCUT2D eigenvalue weighted by Crippen LogP contribution is 2.41. The lowest BCUT2D eigenvalue weighted by Crippen LogP contribution is -2.33. The van der Waals surface area contributed by atoms with Gasteiger partial charge in [0.15, 0.2) is 0 Å². The largest absolute Gasteiger partial charge is 0.418 e. The molecule has 2 aromatic heterocycles. The Hall–Kier alpha value is -3.20. The summed E-state index contributed by atoms with van der Waals surface area (Å²) in [5.41, 5.74) is 3.00. The van der Waals surface area contributed by atoms with Crippen molar-refractivity contribution >= 4 is 28.3 Å². The second-order valence-electron chi connectivity index (χ2n) is 9.24. The predicted molar refractivity (Wildman–Crippen MR) is 130 cm³/mol. The maximum atomic E-state index is 13.8. The Labute approximate surface area is 205 Å². The number of aromatic nitrogens is 3. The minimum atomic E-state index is -4.51. The van der Waals surface area contributed by atoms with Gasteiger partial charge in [-0.1, -0.05) is 31.2 Å². The summed E-state index contributed by atoms with van der Waals surface area (Å²) < 4.78 is 40.6. The summed E-state index contributed by atoms with van der Waals surface area (Å²) in [7, 11) is 0. The third-order valence-corrected chi connectivity index (χ3v) is 7.80. The first-order valence-electron chi connectivity index (χ1n) is 11.5. The van der Waals surface area contributed by atoms with Crippen LogP contribution in [0.2, 0.25) is 0 Å². The first-order valence-corrected chi connectivity index (χ1v) is 12.3. The van der Waals surface area contributed by atoms with Crippen molar-refractivity contribution in [3.8, 4) is 10.4 Å². The Balaban J connectivity index is 1.55. The number of thiazole rings is 1. The molecule has 1 saturated heterocycles. The lowest BCUT2D eigenvalue weighted by atomic mass is 10.0. The normalized spacial score (nSPS) is 18.5. The van der Waals surface area contributed by atoms with E-state index in [-0.39, 0.29) is 17.3 Å². The van der Waals surface area contributed by atoms with Crippen molar-refractivity contribution in [2.24, 2.45) is 5.92 Å². The van der Waals surface area contributed by atoms with Crippen LogP contribution < -0.4 is 0 Å². The molecule has 4 aromatic rings. The Kier molecular flexibility index (Phi) is 5.70. The molecule has 0 bridgehead atoms. The van der Waals surface area contributed by atoms with E-state index < -0.39 is 17.8 Å². The zero-order valence-corrected chi connectivity index (χ0v) is 20.6. The molecule has 5 nitrogen and oxygen atoms in total. The summed E-state index contributed by atoms with van der Waals surface area (Å²) in [6.45, 7) is 8.41. The van der Waals surface area contributed by atoms with Crippen LogP contribution in [-0.2, 0) is 6.18 Å². The number of hydrogen-bond acceptors (Lipinski definition) is 4. The van der Waals surface area contributed by atoms with Crippen LogP contribution in [0.4, 0.5) is 13.2 Å². The van der Waals surface area contributed by atoms with Gasteiger partial charge in [0.2, 0.25) is 0 Å². The van der Waals surface area contributed by atoms with Crippen LogP contribution in [-0.4, -0.2) is 32.3 Å². The zero-order chi connectivity index (χ0) is 25.1. The van der Waals surface area contributed by atoms with Gasteiger partial charge in [0.05, 0.1) is 27.0 Å². The van der Waals surface area contributed by atoms with Crippen LogP contribution in [0.1, 0.15) is 57.4 Å². The van der Waals surface area contributed by atoms with E-state index in [1.807, 2.05) is 39.8 Å². The van der Waals surface area contributed by atoms with E-state index in [1.54, 1.807) is 11.0 Å². The van der Waals surface area contributed by atoms with Crippen molar-refractivity contribution in [1.29, 1.82) is 0 Å². The van der Waals surface area contributed by atoms with Crippen molar-refractivity contribution in [3.63, 3.8) is 0 Å². The Morgan fingerprint density at radius 2 is 1.89 bits per heavy atom. The van der Waals surface area contributed by atoms with Gasteiger partial charge in [0.25, 0.3) is 5.91 Å². The molecule has 1 amide bonds. The average molecular weight is 499 g/mol. The minimum absolute atomic E-state index is 0.0265. The molecule has 1 fully saturated rings. The maximum Gasteiger partial charge on any atom is 0.418 e. The van der Waals surface area contributed by atoms with E-state index in [4.69, 9.17) is 0 Å². The molecular formula is C26H25F3N4OS. The minimum Gasteiger partial charge on any atom is -0.340 e. The van der Waals surface area contributed by atoms with Crippen molar-refractivity contribution < 1.29 is 18.0 Å². The molecule has 5 rings (SSSR count). The second-order valence-corrected chi connectivity index (χ2v) is 10.4. The molecule has 0 unspecified atom stereocenters. The van der Waals surface area contributed by atoms with Gasteiger partial charge >= 0.3 is 6.18 Å². The first kappa shape index (κ1) is 23.5. The number of halogens is 3. The lowest BCUT2D eigenvalue weighted by Gasteiger charge is -2.25. The summed E-state index contributed by atoms with van der Waals surface area (Å²) >= 11 is 1.47. The molecule has 0 radical (unpaired) electrons. The average Bonchev–Trinajstić information content (AvgIpc) is 3.50. The van der Waals surface area contributed by atoms with E-state index in [0.29, 0.717) is 23.6 Å². The summed E-state index contributed by atoms with van der Waals surface area (Å²) in [5, 5.41) is 0.781. The van der Waals surface area contributed by atoms with E-state index in [2.05, 4.69) is 21.0 Å². The number of amides is 1. The van der Waals surface area contributed by atoms with Gasteiger partial charge < -0.3 is 9.88 Å². The van der Waals surface area contributed by atoms with Crippen LogP contribution in [0, 0.1) is 26.7 Å². The molecule has 2 aromatic carbocycles. The number of carbonyl (C=O) groups is 1. The highest BCUT2D eigenvalue weighted by molar-refractivity contribution is 7.15. The molecule has 0 aliphatic carbocycles. The van der Waals surface area contributed by atoms with Crippen LogP contribution >= 0.6 is 11.3 Å². The monoisotopic (exact) mass is 498 g/mol. The van der Waals surface area contributed by atoms with Crippen molar-refractivity contribution in [2.75, 3.05) is 6.54 Å². The summed E-state index contributed by atoms with van der Waals surface area (Å²) in [6, 6.07) is 9.58. The molecule has 1 aliphatic heterocycles. The van der Waals surface area contributed by atoms with Crippen LogP contribution in [0.15, 0.2) is 36.4 Å². The molecule has 1 N–H and O–H groups in total. The fraction of sp³-hybridized carbons (Fsp3) is 0.346. The number of rotatable bonds is 3. The quantitative estimate of drug-likeness (QED) is 0.336. The number of carbonyl (C=O) groups excluding carboxylic acids is 1. The lowest BCUT2D eigenvalue weighted by molar-refractivity contribution is -0.136. The number of alkyl halides is 3. The van der Waals surface area contributed by atoms with Gasteiger partial charge in [0.1, 0.15) is 17.0 Å². The van der Waals surface area contributed by atoms with E-state index in [9.17, 15) is 18.0 Å². The molecule has 9 heteroatoms. The van der Waals surface area contributed by atoms with Crippen LogP contribution in [0.5, 0.6) is 0 Å². The number of benzene rings is 2. The van der Waals surface area contributed by atoms with Crippen molar-refractivity contribution in [1.82, 2.24) is 19.9 Å². The van der Waals surface area contributed by atoms with Crippen LogP contribution in [0.3, 0.4) is 0 Å². The number of nitrogens with one attached hydrogen (secondary N) is 1. The van der Waals surface area contributed by atoms with E-state index >= 15 is 0 Å². The predicted octanol–water partition coefficient (Wildman–Crippen LogP) is 6.85. The number of fused-ring (bicyclic) bond motifs is 1. The van der Waals surface area contributed by atoms with E-state index in [1.165, 1.54) is 23.0 Å². The van der Waals surface area contributed by atoms with Gasteiger partial charge in [-0.15, -0.1) is 11.3 Å². The number of likely N-dealkylation sites (tertiary alicyclic amines) is 1. The fourth-order valence-corrected chi connectivity index (χ4v) is 5.71. The number of imidazole rings is 1. The first-order chi connectivity index (χ1) is 16.5. The Bertz CT molecular complexity index is 1440. The molecule has 182 valence electrons. The molecule has 35 heavy (non-hydrogen) atoms. The molecular weight excluding hydrogens is 473 g/mol. The molecule has 0 saturated carbocycles. The maximum absolute atomic E-state index is 13.8. The number of aryl methyl sites for hydroxylation is 3. The Morgan fingerprint density at radius 3 is 2.60 bits per heavy atom. The smallest absolute Gasteiger partial charge is 0.340 e. The van der Waals surface area contributed by atoms with Crippen LogP contribution in [0.25, 0.3) is 21.5 Å². The van der Waals surface area contributed by atoms with Crippen molar-refractivity contribution in [3.05, 3.63) is 69.6 Å². The highest BCUT2D eigenvalue weighted by atomic mass is 32.1. The third-order valence-electron chi connectivity index (χ3n) is 6.78. The molecule has 2 atom stereocenters. The standard InChI is InChI=1S/C26H25F3N4OS/c1-13-8-9-17(12-15(13)3)23-21(30-16(4)35-23)25(34)33-11-10-14(2)22(33)24-31-19-7-5-6-18(20(19)32-24)26(27,28)29/h5-9,12,14,22H,10-11H2,1-4H3,(H,31,32)/t14-,22-/m0/s1. The molecule has 1 aliphatic rings. The van der Waals surface area contributed by atoms with Gasteiger partial charge in [0, 0.05) is 6.54 Å². The number of aromatic amines is 1. The zero-order valence-electron chi connectivity index (χ0n) is 19.8. The topological polar surface area (TPSA) is 61.9 Å². The highest BCUT2D eigenvalue weighted by Gasteiger charge is 2.40. The fourth-order valence-electron chi connectivity index (χ4n) is 4.80. The number of H-pyrrole nitrogens is 1. The summed E-state index contributed by atoms with van der Waals surface area (Å²) in [5.74, 6) is 0.168. The van der Waals surface area contributed by atoms with Gasteiger partial charge in [-0.05, 0) is 61.9 Å². The number of nitrogens with zero attached hydrogens (tertiary/aromatic N) is 3. The number of hydrogen-bond donors (Lipinski definition) is 1. The summed E-state index contributed by atoms with van der Waals surface area (Å²) in [4.78, 5) is 28.3. The van der Waals surface area contributed by atoms with E-state index in [0.717, 1.165) is 33.5 Å². The SMILES string of the molecule is Cc1nc(C(=O)N2CC[C@H](C)[C@H]2c2nc3c(C(F)(F)F)cccc3[nH]2)c(-c2ccc(C)c(C)c2)s1. The van der Waals surface area contributed by atoms with Gasteiger partial charge in [-0.3, -0.25) is 4.79 Å². The van der Waals surface area contributed by atoms with Gasteiger partial charge in [-0.2, -0.15) is 13.2 Å². The second kappa shape index (κ2) is 8.48. The number of para-hydroxylation sites is 1. The molecule has 3 heterocycles.